The van der Waals surface area contributed by atoms with Crippen LogP contribution in [0.3, 0.4) is 0 Å². The zero-order chi connectivity index (χ0) is 20.5. The second kappa shape index (κ2) is 11.1. The molecule has 1 aliphatic rings. The Morgan fingerprint density at radius 2 is 1.82 bits per heavy atom. The number of carbonyl (C=O) groups excluding carboxylic acids is 2. The van der Waals surface area contributed by atoms with Gasteiger partial charge in [0.15, 0.2) is 0 Å². The van der Waals surface area contributed by atoms with Crippen molar-refractivity contribution in [3.8, 4) is 0 Å². The van der Waals surface area contributed by atoms with Crippen molar-refractivity contribution in [1.82, 2.24) is 5.32 Å². The number of hydrogen-bond donors (Lipinski definition) is 2. The molecular formula is C23H37N3O2. The van der Waals surface area contributed by atoms with Gasteiger partial charge in [-0.25, -0.2) is 0 Å². The fourth-order valence-electron chi connectivity index (χ4n) is 3.65. The minimum absolute atomic E-state index is 0.0237. The summed E-state index contributed by atoms with van der Waals surface area (Å²) in [6.07, 6.45) is 7.08. The fraction of sp³-hybridized carbons (Fsp3) is 0.652. The second-order valence-corrected chi connectivity index (χ2v) is 7.95. The molecule has 2 atom stereocenters. The average molecular weight is 388 g/mol. The highest BCUT2D eigenvalue weighted by atomic mass is 16.2. The molecule has 156 valence electrons. The number of carbonyl (C=O) groups is 2. The molecule has 0 unspecified atom stereocenters. The first kappa shape index (κ1) is 22.3. The molecule has 0 saturated carbocycles. The van der Waals surface area contributed by atoms with Gasteiger partial charge in [-0.05, 0) is 57.2 Å². The highest BCUT2D eigenvalue weighted by Gasteiger charge is 2.22. The number of nitrogens with one attached hydrogen (secondary N) is 2. The number of unbranched alkanes of at least 4 members (excludes halogenated alkanes) is 1. The van der Waals surface area contributed by atoms with Crippen molar-refractivity contribution in [2.75, 3.05) is 23.3 Å². The van der Waals surface area contributed by atoms with E-state index >= 15 is 0 Å². The Morgan fingerprint density at radius 3 is 2.43 bits per heavy atom. The standard InChI is InChI=1S/C23H37N3O2/c1-5-8-11-18(7-3)22(27)25-19-12-13-21(26-14-9-10-15-26)20(16-19)23(28)24-17(4)6-2/h12-13,16-18H,5-11,14-15H2,1-4H3,(H,24,28)(H,25,27)/t17-,18+/m0/s1. The number of anilines is 2. The largest absolute Gasteiger partial charge is 0.371 e. The van der Waals surface area contributed by atoms with Gasteiger partial charge in [0.2, 0.25) is 5.91 Å². The van der Waals surface area contributed by atoms with Gasteiger partial charge in [-0.1, -0.05) is 33.6 Å². The van der Waals surface area contributed by atoms with Gasteiger partial charge in [0.1, 0.15) is 0 Å². The minimum Gasteiger partial charge on any atom is -0.371 e. The molecular weight excluding hydrogens is 350 g/mol. The third-order valence-corrected chi connectivity index (χ3v) is 5.72. The predicted octanol–water partition coefficient (Wildman–Crippen LogP) is 4.97. The monoisotopic (exact) mass is 387 g/mol. The van der Waals surface area contributed by atoms with E-state index in [1.807, 2.05) is 25.1 Å². The number of amides is 2. The van der Waals surface area contributed by atoms with Crippen LogP contribution < -0.4 is 15.5 Å². The Hall–Kier alpha value is -2.04. The van der Waals surface area contributed by atoms with Crippen LogP contribution in [0.2, 0.25) is 0 Å². The number of rotatable bonds is 10. The molecule has 1 heterocycles. The lowest BCUT2D eigenvalue weighted by Gasteiger charge is -2.23. The molecule has 2 amide bonds. The van der Waals surface area contributed by atoms with Crippen molar-refractivity contribution < 1.29 is 9.59 Å². The van der Waals surface area contributed by atoms with Crippen LogP contribution in [0, 0.1) is 5.92 Å². The fourth-order valence-corrected chi connectivity index (χ4v) is 3.65. The molecule has 5 heteroatoms. The summed E-state index contributed by atoms with van der Waals surface area (Å²) in [5, 5.41) is 6.12. The van der Waals surface area contributed by atoms with E-state index in [2.05, 4.69) is 36.3 Å². The normalized spacial score (nSPS) is 15.9. The Bertz CT molecular complexity index is 653. The van der Waals surface area contributed by atoms with Crippen molar-refractivity contribution in [3.63, 3.8) is 0 Å². The van der Waals surface area contributed by atoms with E-state index in [9.17, 15) is 9.59 Å². The maximum atomic E-state index is 12.9. The maximum absolute atomic E-state index is 12.9. The second-order valence-electron chi connectivity index (χ2n) is 7.95. The first-order valence-electron chi connectivity index (χ1n) is 11.0. The molecule has 2 rings (SSSR count). The van der Waals surface area contributed by atoms with Gasteiger partial charge >= 0.3 is 0 Å². The third kappa shape index (κ3) is 5.98. The molecule has 0 bridgehead atoms. The Kier molecular flexibility index (Phi) is 8.81. The lowest BCUT2D eigenvalue weighted by atomic mass is 9.98. The first-order chi connectivity index (χ1) is 13.5. The smallest absolute Gasteiger partial charge is 0.253 e. The summed E-state index contributed by atoms with van der Waals surface area (Å²) >= 11 is 0. The Labute approximate surface area is 170 Å². The van der Waals surface area contributed by atoms with E-state index in [1.165, 1.54) is 0 Å². The Morgan fingerprint density at radius 1 is 1.11 bits per heavy atom. The van der Waals surface area contributed by atoms with Gasteiger partial charge in [-0.2, -0.15) is 0 Å². The summed E-state index contributed by atoms with van der Waals surface area (Å²) in [5.41, 5.74) is 2.33. The molecule has 0 aromatic heterocycles. The van der Waals surface area contributed by atoms with Crippen molar-refractivity contribution >= 4 is 23.2 Å². The van der Waals surface area contributed by atoms with Gasteiger partial charge in [-0.15, -0.1) is 0 Å². The van der Waals surface area contributed by atoms with E-state index in [1.54, 1.807) is 0 Å². The summed E-state index contributed by atoms with van der Waals surface area (Å²) in [7, 11) is 0. The summed E-state index contributed by atoms with van der Waals surface area (Å²) < 4.78 is 0. The summed E-state index contributed by atoms with van der Waals surface area (Å²) in [6.45, 7) is 10.2. The third-order valence-electron chi connectivity index (χ3n) is 5.72. The van der Waals surface area contributed by atoms with Gasteiger partial charge in [0.25, 0.3) is 5.91 Å². The van der Waals surface area contributed by atoms with Crippen LogP contribution in [0.15, 0.2) is 18.2 Å². The van der Waals surface area contributed by atoms with Crippen LogP contribution in [0.1, 0.15) is 83.0 Å². The van der Waals surface area contributed by atoms with Gasteiger partial charge in [-0.3, -0.25) is 9.59 Å². The zero-order valence-electron chi connectivity index (χ0n) is 18.0. The highest BCUT2D eigenvalue weighted by molar-refractivity contribution is 6.02. The molecule has 1 fully saturated rings. The average Bonchev–Trinajstić information content (AvgIpc) is 3.23. The molecule has 1 aromatic rings. The van der Waals surface area contributed by atoms with Crippen molar-refractivity contribution in [2.45, 2.75) is 78.7 Å². The van der Waals surface area contributed by atoms with E-state index < -0.39 is 0 Å². The molecule has 1 aromatic carbocycles. The van der Waals surface area contributed by atoms with Gasteiger partial charge in [0, 0.05) is 36.4 Å². The predicted molar refractivity (Wildman–Crippen MR) is 117 cm³/mol. The lowest BCUT2D eigenvalue weighted by Crippen LogP contribution is -2.33. The van der Waals surface area contributed by atoms with Gasteiger partial charge in [0.05, 0.1) is 5.56 Å². The molecule has 5 nitrogen and oxygen atoms in total. The topological polar surface area (TPSA) is 61.4 Å². The minimum atomic E-state index is -0.0645. The van der Waals surface area contributed by atoms with E-state index in [4.69, 9.17) is 0 Å². The summed E-state index contributed by atoms with van der Waals surface area (Å²) in [6, 6.07) is 5.88. The van der Waals surface area contributed by atoms with E-state index in [-0.39, 0.29) is 23.8 Å². The first-order valence-corrected chi connectivity index (χ1v) is 11.0. The molecule has 0 aliphatic carbocycles. The van der Waals surface area contributed by atoms with Crippen molar-refractivity contribution in [3.05, 3.63) is 23.8 Å². The van der Waals surface area contributed by atoms with E-state index in [0.29, 0.717) is 11.3 Å². The molecule has 0 radical (unpaired) electrons. The molecule has 1 aliphatic heterocycles. The summed E-state index contributed by atoms with van der Waals surface area (Å²) in [5.74, 6) is 0.0131. The quantitative estimate of drug-likeness (QED) is 0.596. The van der Waals surface area contributed by atoms with Crippen LogP contribution in [0.25, 0.3) is 0 Å². The number of hydrogen-bond acceptors (Lipinski definition) is 3. The zero-order valence-corrected chi connectivity index (χ0v) is 18.0. The summed E-state index contributed by atoms with van der Waals surface area (Å²) in [4.78, 5) is 27.9. The van der Waals surface area contributed by atoms with Gasteiger partial charge < -0.3 is 15.5 Å². The van der Waals surface area contributed by atoms with Crippen LogP contribution in [0.5, 0.6) is 0 Å². The molecule has 2 N–H and O–H groups in total. The van der Waals surface area contributed by atoms with Crippen LogP contribution in [-0.4, -0.2) is 30.9 Å². The lowest BCUT2D eigenvalue weighted by molar-refractivity contribution is -0.120. The highest BCUT2D eigenvalue weighted by Crippen LogP contribution is 2.28. The maximum Gasteiger partial charge on any atom is 0.253 e. The number of benzene rings is 1. The van der Waals surface area contributed by atoms with Crippen molar-refractivity contribution in [1.29, 1.82) is 0 Å². The van der Waals surface area contributed by atoms with Crippen LogP contribution in [0.4, 0.5) is 11.4 Å². The SMILES string of the molecule is CCCC[C@@H](CC)C(=O)Nc1ccc(N2CCCC2)c(C(=O)N[C@@H](C)CC)c1. The van der Waals surface area contributed by atoms with Crippen LogP contribution in [-0.2, 0) is 4.79 Å². The van der Waals surface area contributed by atoms with E-state index in [0.717, 1.165) is 63.7 Å². The van der Waals surface area contributed by atoms with Crippen molar-refractivity contribution in [2.24, 2.45) is 5.92 Å². The molecule has 28 heavy (non-hydrogen) atoms. The number of nitrogens with zero attached hydrogens (tertiary/aromatic N) is 1. The van der Waals surface area contributed by atoms with Crippen LogP contribution >= 0.6 is 0 Å². The molecule has 1 saturated heterocycles. The molecule has 0 spiro atoms. The Balaban J connectivity index is 2.22.